The van der Waals surface area contributed by atoms with E-state index in [1.807, 2.05) is 13.1 Å². The van der Waals surface area contributed by atoms with Gasteiger partial charge in [0.2, 0.25) is 0 Å². The number of rotatable bonds is 4. The number of likely N-dealkylation sites (tertiary alicyclic amines) is 1. The van der Waals surface area contributed by atoms with Gasteiger partial charge in [0.05, 0.1) is 0 Å². The van der Waals surface area contributed by atoms with Crippen molar-refractivity contribution in [3.63, 3.8) is 0 Å². The minimum Gasteiger partial charge on any atom is -0.504 e. The summed E-state index contributed by atoms with van der Waals surface area (Å²) in [6, 6.07) is 5.64. The predicted molar refractivity (Wildman–Crippen MR) is 67.1 cm³/mol. The number of hydrogen-bond acceptors (Lipinski definition) is 4. The molecule has 1 saturated heterocycles. The average molecular weight is 236 g/mol. The number of likely N-dealkylation sites (N-methyl/N-ethyl adjacent to an activating group) is 1. The Morgan fingerprint density at radius 2 is 2.18 bits per heavy atom. The third kappa shape index (κ3) is 2.90. The first-order chi connectivity index (χ1) is 8.20. The van der Waals surface area contributed by atoms with Gasteiger partial charge in [-0.1, -0.05) is 6.07 Å². The van der Waals surface area contributed by atoms with E-state index in [1.54, 1.807) is 12.1 Å². The molecule has 17 heavy (non-hydrogen) atoms. The molecule has 0 radical (unpaired) electrons. The minimum absolute atomic E-state index is 0.0353. The number of aromatic hydroxyl groups is 2. The van der Waals surface area contributed by atoms with Crippen molar-refractivity contribution in [1.29, 1.82) is 0 Å². The first-order valence-corrected chi connectivity index (χ1v) is 6.10. The smallest absolute Gasteiger partial charge is 0.157 e. The van der Waals surface area contributed by atoms with Gasteiger partial charge in [-0.15, -0.1) is 0 Å². The molecule has 94 valence electrons. The Morgan fingerprint density at radius 1 is 1.35 bits per heavy atom. The fourth-order valence-corrected chi connectivity index (χ4v) is 2.47. The Kier molecular flexibility index (Phi) is 3.86. The number of phenolic OH excluding ortho intramolecular Hbond substituents is 2. The Labute approximate surface area is 102 Å². The highest BCUT2D eigenvalue weighted by molar-refractivity contribution is 5.40. The van der Waals surface area contributed by atoms with Crippen molar-refractivity contribution in [3.8, 4) is 11.5 Å². The molecule has 4 heteroatoms. The molecule has 1 fully saturated rings. The van der Waals surface area contributed by atoms with Crippen LogP contribution in [0.2, 0.25) is 0 Å². The Balaban J connectivity index is 2.02. The highest BCUT2D eigenvalue weighted by atomic mass is 16.3. The van der Waals surface area contributed by atoms with Gasteiger partial charge in [0.15, 0.2) is 11.5 Å². The molecule has 0 bridgehead atoms. The predicted octanol–water partition coefficient (Wildman–Crippen LogP) is 1.28. The first kappa shape index (κ1) is 12.2. The quantitative estimate of drug-likeness (QED) is 0.689. The molecule has 0 saturated carbocycles. The lowest BCUT2D eigenvalue weighted by Crippen LogP contribution is -2.36. The van der Waals surface area contributed by atoms with E-state index in [-0.39, 0.29) is 11.5 Å². The molecule has 1 aliphatic rings. The van der Waals surface area contributed by atoms with Gasteiger partial charge in [-0.25, -0.2) is 0 Å². The highest BCUT2D eigenvalue weighted by Crippen LogP contribution is 2.27. The van der Waals surface area contributed by atoms with Gasteiger partial charge >= 0.3 is 0 Å². The standard InChI is InChI=1S/C13H20N2O2/c1-14-8-11-3-2-6-15(11)9-10-4-5-12(16)13(17)7-10/h4-5,7,11,14,16-17H,2-3,6,8-9H2,1H3. The van der Waals surface area contributed by atoms with Crippen molar-refractivity contribution in [2.24, 2.45) is 0 Å². The van der Waals surface area contributed by atoms with E-state index in [0.29, 0.717) is 6.04 Å². The zero-order chi connectivity index (χ0) is 12.3. The van der Waals surface area contributed by atoms with Crippen LogP contribution >= 0.6 is 0 Å². The lowest BCUT2D eigenvalue weighted by molar-refractivity contribution is 0.242. The van der Waals surface area contributed by atoms with E-state index in [1.165, 1.54) is 12.8 Å². The topological polar surface area (TPSA) is 55.7 Å². The minimum atomic E-state index is -0.0538. The Morgan fingerprint density at radius 3 is 2.88 bits per heavy atom. The molecule has 4 nitrogen and oxygen atoms in total. The van der Waals surface area contributed by atoms with E-state index in [2.05, 4.69) is 10.2 Å². The van der Waals surface area contributed by atoms with Crippen LogP contribution in [0.4, 0.5) is 0 Å². The van der Waals surface area contributed by atoms with E-state index >= 15 is 0 Å². The van der Waals surface area contributed by atoms with Crippen molar-refractivity contribution in [2.45, 2.75) is 25.4 Å². The van der Waals surface area contributed by atoms with Crippen LogP contribution in [0.25, 0.3) is 0 Å². The number of hydrogen-bond donors (Lipinski definition) is 3. The summed E-state index contributed by atoms with van der Waals surface area (Å²) >= 11 is 0. The van der Waals surface area contributed by atoms with Gasteiger partial charge in [-0.2, -0.15) is 0 Å². The van der Waals surface area contributed by atoms with Crippen molar-refractivity contribution < 1.29 is 10.2 Å². The second-order valence-electron chi connectivity index (χ2n) is 4.65. The number of benzene rings is 1. The van der Waals surface area contributed by atoms with Crippen LogP contribution < -0.4 is 5.32 Å². The lowest BCUT2D eigenvalue weighted by Gasteiger charge is -2.24. The molecule has 0 amide bonds. The molecular weight excluding hydrogens is 216 g/mol. The van der Waals surface area contributed by atoms with Gasteiger partial charge in [-0.05, 0) is 44.1 Å². The third-order valence-electron chi connectivity index (χ3n) is 3.36. The molecule has 1 aromatic rings. The summed E-state index contributed by atoms with van der Waals surface area (Å²) in [5.74, 6) is -0.0891. The fraction of sp³-hybridized carbons (Fsp3) is 0.538. The van der Waals surface area contributed by atoms with Crippen molar-refractivity contribution in [2.75, 3.05) is 20.1 Å². The molecule has 3 N–H and O–H groups in total. The molecule has 1 heterocycles. The largest absolute Gasteiger partial charge is 0.504 e. The maximum Gasteiger partial charge on any atom is 0.157 e. The van der Waals surface area contributed by atoms with Gasteiger partial charge in [0.1, 0.15) is 0 Å². The molecule has 1 unspecified atom stereocenters. The van der Waals surface area contributed by atoms with E-state index < -0.39 is 0 Å². The van der Waals surface area contributed by atoms with Crippen molar-refractivity contribution in [3.05, 3.63) is 23.8 Å². The van der Waals surface area contributed by atoms with Crippen LogP contribution in [-0.4, -0.2) is 41.3 Å². The maximum absolute atomic E-state index is 9.46. The summed E-state index contributed by atoms with van der Waals surface area (Å²) in [5.41, 5.74) is 1.04. The molecule has 1 aromatic carbocycles. The molecule has 0 aliphatic carbocycles. The summed E-state index contributed by atoms with van der Waals surface area (Å²) < 4.78 is 0. The van der Waals surface area contributed by atoms with Crippen molar-refractivity contribution >= 4 is 0 Å². The average Bonchev–Trinajstić information content (AvgIpc) is 2.72. The van der Waals surface area contributed by atoms with E-state index in [4.69, 9.17) is 0 Å². The Bertz CT molecular complexity index is 382. The molecule has 0 spiro atoms. The van der Waals surface area contributed by atoms with Crippen LogP contribution in [0.15, 0.2) is 18.2 Å². The fourth-order valence-electron chi connectivity index (χ4n) is 2.47. The van der Waals surface area contributed by atoms with Crippen LogP contribution in [0.5, 0.6) is 11.5 Å². The first-order valence-electron chi connectivity index (χ1n) is 6.10. The van der Waals surface area contributed by atoms with E-state index in [0.717, 1.165) is 25.2 Å². The molecule has 1 aliphatic heterocycles. The summed E-state index contributed by atoms with van der Waals surface area (Å²) in [5, 5.41) is 21.9. The normalized spacial score (nSPS) is 20.9. The molecular formula is C13H20N2O2. The summed E-state index contributed by atoms with van der Waals surface area (Å²) in [4.78, 5) is 2.42. The van der Waals surface area contributed by atoms with Crippen LogP contribution in [0, 0.1) is 0 Å². The number of nitrogens with one attached hydrogen (secondary N) is 1. The second kappa shape index (κ2) is 5.38. The van der Waals surface area contributed by atoms with Crippen LogP contribution in [0.1, 0.15) is 18.4 Å². The Hall–Kier alpha value is -1.26. The van der Waals surface area contributed by atoms with Crippen molar-refractivity contribution in [1.82, 2.24) is 10.2 Å². The van der Waals surface area contributed by atoms with Gasteiger partial charge < -0.3 is 15.5 Å². The lowest BCUT2D eigenvalue weighted by atomic mass is 10.1. The van der Waals surface area contributed by atoms with Gasteiger partial charge in [0.25, 0.3) is 0 Å². The molecule has 1 atom stereocenters. The van der Waals surface area contributed by atoms with Crippen LogP contribution in [0.3, 0.4) is 0 Å². The summed E-state index contributed by atoms with van der Waals surface area (Å²) in [7, 11) is 1.98. The summed E-state index contributed by atoms with van der Waals surface area (Å²) in [6.45, 7) is 2.94. The maximum atomic E-state index is 9.46. The second-order valence-corrected chi connectivity index (χ2v) is 4.65. The number of nitrogens with zero attached hydrogens (tertiary/aromatic N) is 1. The van der Waals surface area contributed by atoms with E-state index in [9.17, 15) is 10.2 Å². The van der Waals surface area contributed by atoms with Gasteiger partial charge in [0, 0.05) is 19.1 Å². The number of phenols is 2. The molecule has 0 aromatic heterocycles. The summed E-state index contributed by atoms with van der Waals surface area (Å²) in [6.07, 6.45) is 2.46. The zero-order valence-electron chi connectivity index (χ0n) is 10.2. The monoisotopic (exact) mass is 236 g/mol. The highest BCUT2D eigenvalue weighted by Gasteiger charge is 2.23. The molecule has 2 rings (SSSR count). The van der Waals surface area contributed by atoms with Gasteiger partial charge in [-0.3, -0.25) is 4.90 Å². The SMILES string of the molecule is CNCC1CCCN1Cc1ccc(O)c(O)c1. The third-order valence-corrected chi connectivity index (χ3v) is 3.36. The van der Waals surface area contributed by atoms with Crippen LogP contribution in [-0.2, 0) is 6.54 Å². The zero-order valence-corrected chi connectivity index (χ0v) is 10.2.